The first-order valence-electron chi connectivity index (χ1n) is 11.2. The molecule has 0 saturated carbocycles. The Morgan fingerprint density at radius 1 is 1.12 bits per heavy atom. The fraction of sp³-hybridized carbons (Fsp3) is 0.522. The van der Waals surface area contributed by atoms with Crippen molar-refractivity contribution in [3.8, 4) is 0 Å². The Hall–Kier alpha value is -3.43. The number of benzene rings is 1. The van der Waals surface area contributed by atoms with Crippen LogP contribution in [0.3, 0.4) is 0 Å². The fourth-order valence-electron chi connectivity index (χ4n) is 4.46. The number of nitrogens with zero attached hydrogens (tertiary/aromatic N) is 1. The number of rotatable bonds is 8. The van der Waals surface area contributed by atoms with E-state index in [2.05, 4.69) is 10.6 Å². The molecule has 178 valence electrons. The number of carboxylic acids is 1. The molecule has 0 radical (unpaired) electrons. The van der Waals surface area contributed by atoms with E-state index in [4.69, 9.17) is 9.84 Å². The fourth-order valence-corrected chi connectivity index (χ4v) is 4.46. The quantitative estimate of drug-likeness (QED) is 0.499. The molecule has 3 N–H and O–H groups in total. The third kappa shape index (κ3) is 6.53. The third-order valence-corrected chi connectivity index (χ3v) is 6.02. The molecule has 3 amide bonds. The zero-order chi connectivity index (χ0) is 23.8. The van der Waals surface area contributed by atoms with Crippen LogP contribution >= 0.6 is 0 Å². The maximum Gasteiger partial charge on any atom is 0.408 e. The molecule has 3 rings (SSSR count). The van der Waals surface area contributed by atoms with Gasteiger partial charge >= 0.3 is 12.1 Å². The summed E-state index contributed by atoms with van der Waals surface area (Å²) >= 11 is 0. The number of aldehydes is 1. The van der Waals surface area contributed by atoms with Crippen molar-refractivity contribution in [3.63, 3.8) is 0 Å². The lowest BCUT2D eigenvalue weighted by molar-refractivity contribution is -0.147. The highest BCUT2D eigenvalue weighted by molar-refractivity contribution is 5.93. The van der Waals surface area contributed by atoms with Crippen molar-refractivity contribution in [1.29, 1.82) is 0 Å². The number of hydrogen-bond donors (Lipinski definition) is 3. The molecule has 2 saturated heterocycles. The Morgan fingerprint density at radius 3 is 2.48 bits per heavy atom. The molecule has 10 nitrogen and oxygen atoms in total. The van der Waals surface area contributed by atoms with E-state index in [0.29, 0.717) is 32.0 Å². The highest BCUT2D eigenvalue weighted by Crippen LogP contribution is 2.30. The lowest BCUT2D eigenvalue weighted by Crippen LogP contribution is -2.60. The lowest BCUT2D eigenvalue weighted by atomic mass is 9.92. The summed E-state index contributed by atoms with van der Waals surface area (Å²) < 4.78 is 5.24. The van der Waals surface area contributed by atoms with Crippen molar-refractivity contribution in [1.82, 2.24) is 15.5 Å². The van der Waals surface area contributed by atoms with Gasteiger partial charge in [0.05, 0.1) is 12.5 Å². The van der Waals surface area contributed by atoms with Gasteiger partial charge in [0.15, 0.2) is 0 Å². The van der Waals surface area contributed by atoms with Crippen molar-refractivity contribution in [3.05, 3.63) is 35.9 Å². The van der Waals surface area contributed by atoms with Crippen molar-refractivity contribution >= 4 is 30.2 Å². The van der Waals surface area contributed by atoms with Crippen LogP contribution < -0.4 is 10.6 Å². The first kappa shape index (κ1) is 24.2. The topological polar surface area (TPSA) is 142 Å². The summed E-state index contributed by atoms with van der Waals surface area (Å²) in [5.41, 5.74) is 0.818. The van der Waals surface area contributed by atoms with Crippen LogP contribution in [0.1, 0.15) is 50.5 Å². The van der Waals surface area contributed by atoms with E-state index < -0.39 is 42.5 Å². The summed E-state index contributed by atoms with van der Waals surface area (Å²) in [7, 11) is 0. The molecule has 1 aromatic rings. The van der Waals surface area contributed by atoms with Gasteiger partial charge in [0, 0.05) is 6.04 Å². The standard InChI is InChI=1S/C23H29N3O7/c27-13-16(12-20(28)29)24-21(30)19-11-5-9-17-8-4-10-18(22(31)26(17)19)25-23(32)33-14-15-6-2-1-3-7-15/h1-3,6-7,13,16-19H,4-5,8-12,14H2,(H,24,30)(H,25,32)(H,28,29)/t16?,17?,18-,19-/m0/s1. The highest BCUT2D eigenvalue weighted by atomic mass is 16.5. The second-order valence-electron chi connectivity index (χ2n) is 8.38. The Morgan fingerprint density at radius 2 is 1.82 bits per heavy atom. The summed E-state index contributed by atoms with van der Waals surface area (Å²) in [6, 6.07) is 6.20. The maximum absolute atomic E-state index is 13.3. The van der Waals surface area contributed by atoms with Crippen LogP contribution in [0, 0.1) is 0 Å². The Bertz CT molecular complexity index is 876. The Labute approximate surface area is 191 Å². The molecule has 33 heavy (non-hydrogen) atoms. The van der Waals surface area contributed by atoms with E-state index >= 15 is 0 Å². The molecule has 4 atom stereocenters. The second kappa shape index (κ2) is 11.4. The molecule has 0 bridgehead atoms. The summed E-state index contributed by atoms with van der Waals surface area (Å²) in [5.74, 6) is -2.13. The molecule has 2 fully saturated rings. The monoisotopic (exact) mass is 459 g/mol. The van der Waals surface area contributed by atoms with Crippen LogP contribution in [0.25, 0.3) is 0 Å². The van der Waals surface area contributed by atoms with Crippen LogP contribution in [0.4, 0.5) is 4.79 Å². The first-order chi connectivity index (χ1) is 15.9. The minimum atomic E-state index is -1.21. The van der Waals surface area contributed by atoms with Gasteiger partial charge in [0.25, 0.3) is 0 Å². The van der Waals surface area contributed by atoms with Gasteiger partial charge in [0.2, 0.25) is 11.8 Å². The van der Waals surface area contributed by atoms with Crippen LogP contribution in [0.5, 0.6) is 0 Å². The zero-order valence-corrected chi connectivity index (χ0v) is 18.3. The molecule has 1 aromatic carbocycles. The van der Waals surface area contributed by atoms with Crippen LogP contribution in [-0.2, 0) is 30.5 Å². The Kier molecular flexibility index (Phi) is 8.39. The number of amides is 3. The number of aliphatic carboxylic acids is 1. The molecule has 2 aliphatic rings. The smallest absolute Gasteiger partial charge is 0.408 e. The van der Waals surface area contributed by atoms with Crippen LogP contribution in [0.15, 0.2) is 30.3 Å². The average Bonchev–Trinajstić information content (AvgIpc) is 2.96. The van der Waals surface area contributed by atoms with Crippen molar-refractivity contribution < 1.29 is 33.8 Å². The summed E-state index contributed by atoms with van der Waals surface area (Å²) in [6.45, 7) is 0.0710. The number of carbonyl (C=O) groups excluding carboxylic acids is 4. The van der Waals surface area contributed by atoms with Gasteiger partial charge in [-0.15, -0.1) is 0 Å². The third-order valence-electron chi connectivity index (χ3n) is 6.02. The minimum absolute atomic E-state index is 0.0710. The summed E-state index contributed by atoms with van der Waals surface area (Å²) in [5, 5.41) is 14.0. The molecule has 0 spiro atoms. The van der Waals surface area contributed by atoms with E-state index in [-0.39, 0.29) is 18.6 Å². The number of carbonyl (C=O) groups is 5. The molecule has 0 aromatic heterocycles. The normalized spacial score (nSPS) is 23.5. The predicted molar refractivity (Wildman–Crippen MR) is 116 cm³/mol. The largest absolute Gasteiger partial charge is 0.481 e. The number of carboxylic acid groups (broad SMARTS) is 1. The van der Waals surface area contributed by atoms with Gasteiger partial charge in [-0.25, -0.2) is 4.79 Å². The molecule has 2 unspecified atom stereocenters. The first-order valence-corrected chi connectivity index (χ1v) is 11.2. The molecular formula is C23H29N3O7. The molecule has 2 aliphatic heterocycles. The number of ether oxygens (including phenoxy) is 1. The maximum atomic E-state index is 13.3. The summed E-state index contributed by atoms with van der Waals surface area (Å²) in [4.78, 5) is 62.2. The van der Waals surface area contributed by atoms with E-state index in [9.17, 15) is 24.0 Å². The molecular weight excluding hydrogens is 430 g/mol. The zero-order valence-electron chi connectivity index (χ0n) is 18.3. The number of hydrogen-bond acceptors (Lipinski definition) is 6. The average molecular weight is 459 g/mol. The minimum Gasteiger partial charge on any atom is -0.481 e. The van der Waals surface area contributed by atoms with Gasteiger partial charge in [-0.3, -0.25) is 14.4 Å². The van der Waals surface area contributed by atoms with Gasteiger partial charge < -0.3 is 30.2 Å². The van der Waals surface area contributed by atoms with Crippen LogP contribution in [0.2, 0.25) is 0 Å². The molecule has 10 heteroatoms. The van der Waals surface area contributed by atoms with Crippen molar-refractivity contribution in [2.45, 2.75) is 75.7 Å². The van der Waals surface area contributed by atoms with Gasteiger partial charge in [-0.2, -0.15) is 0 Å². The SMILES string of the molecule is O=CC(CC(=O)O)NC(=O)[C@@H]1CCCC2CCC[C@H](NC(=O)OCc3ccccc3)C(=O)N21. The molecule has 2 heterocycles. The number of piperidine rings is 1. The van der Waals surface area contributed by atoms with Crippen molar-refractivity contribution in [2.24, 2.45) is 0 Å². The van der Waals surface area contributed by atoms with Crippen molar-refractivity contribution in [2.75, 3.05) is 0 Å². The predicted octanol–water partition coefficient (Wildman–Crippen LogP) is 1.37. The second-order valence-corrected chi connectivity index (χ2v) is 8.38. The Balaban J connectivity index is 1.65. The van der Waals surface area contributed by atoms with E-state index in [1.165, 1.54) is 4.90 Å². The number of nitrogens with one attached hydrogen (secondary N) is 2. The van der Waals surface area contributed by atoms with Gasteiger partial charge in [-0.1, -0.05) is 30.3 Å². The van der Waals surface area contributed by atoms with Crippen LogP contribution in [-0.4, -0.2) is 64.3 Å². The van der Waals surface area contributed by atoms with E-state index in [1.807, 2.05) is 30.3 Å². The number of fused-ring (bicyclic) bond motifs is 1. The van der Waals surface area contributed by atoms with Gasteiger partial charge in [-0.05, 0) is 44.1 Å². The van der Waals surface area contributed by atoms with Gasteiger partial charge in [0.1, 0.15) is 25.0 Å². The summed E-state index contributed by atoms with van der Waals surface area (Å²) in [6.07, 6.45) is 2.83. The number of alkyl carbamates (subject to hydrolysis) is 1. The van der Waals surface area contributed by atoms with E-state index in [1.54, 1.807) is 0 Å². The molecule has 0 aliphatic carbocycles. The highest BCUT2D eigenvalue weighted by Gasteiger charge is 2.43. The lowest BCUT2D eigenvalue weighted by Gasteiger charge is -2.41. The van der Waals surface area contributed by atoms with E-state index in [0.717, 1.165) is 18.4 Å².